The van der Waals surface area contributed by atoms with Gasteiger partial charge in [-0.3, -0.25) is 9.69 Å². The van der Waals surface area contributed by atoms with Crippen molar-refractivity contribution in [2.45, 2.75) is 27.0 Å². The van der Waals surface area contributed by atoms with Crippen molar-refractivity contribution in [2.75, 3.05) is 26.2 Å². The largest absolute Gasteiger partial charge is 0.488 e. The third-order valence-electron chi connectivity index (χ3n) is 5.63. The molecule has 2 aromatic carbocycles. The average Bonchev–Trinajstić information content (AvgIpc) is 3.15. The molecule has 1 aromatic heterocycles. The Morgan fingerprint density at radius 1 is 1.06 bits per heavy atom. The molecule has 7 heteroatoms. The minimum Gasteiger partial charge on any atom is -0.488 e. The zero-order valence-corrected chi connectivity index (χ0v) is 17.8. The topological polar surface area (TPSA) is 58.8 Å². The van der Waals surface area contributed by atoms with Crippen LogP contribution in [0.25, 0.3) is 0 Å². The lowest BCUT2D eigenvalue weighted by Gasteiger charge is -2.34. The molecule has 2 heterocycles. The molecule has 1 fully saturated rings. The number of halogens is 1. The molecule has 0 radical (unpaired) electrons. The Morgan fingerprint density at radius 3 is 2.48 bits per heavy atom. The van der Waals surface area contributed by atoms with Gasteiger partial charge >= 0.3 is 0 Å². The maximum absolute atomic E-state index is 13.1. The molecule has 3 aromatic rings. The number of carbonyl (C=O) groups is 1. The van der Waals surface area contributed by atoms with Gasteiger partial charge in [-0.15, -0.1) is 0 Å². The molecule has 0 N–H and O–H groups in total. The third-order valence-corrected chi connectivity index (χ3v) is 5.63. The van der Waals surface area contributed by atoms with Crippen molar-refractivity contribution in [3.05, 3.63) is 82.5 Å². The smallest absolute Gasteiger partial charge is 0.276 e. The number of nitrogens with zero attached hydrogens (tertiary/aromatic N) is 3. The van der Waals surface area contributed by atoms with Gasteiger partial charge in [0.25, 0.3) is 5.91 Å². The van der Waals surface area contributed by atoms with Crippen LogP contribution in [0.1, 0.15) is 32.9 Å². The Labute approximate surface area is 181 Å². The third kappa shape index (κ3) is 4.94. The van der Waals surface area contributed by atoms with Gasteiger partial charge in [-0.1, -0.05) is 35.5 Å². The minimum absolute atomic E-state index is 0.137. The fraction of sp³-hybridized carbons (Fsp3) is 0.333. The molecule has 0 bridgehead atoms. The fourth-order valence-electron chi connectivity index (χ4n) is 3.70. The molecule has 1 aliphatic heterocycles. The molecule has 4 rings (SSSR count). The Balaban J connectivity index is 1.37. The van der Waals surface area contributed by atoms with Crippen LogP contribution in [0.5, 0.6) is 5.75 Å². The average molecular weight is 423 g/mol. The molecule has 1 aliphatic rings. The summed E-state index contributed by atoms with van der Waals surface area (Å²) in [6.45, 7) is 7.43. The second kappa shape index (κ2) is 9.31. The first-order valence-electron chi connectivity index (χ1n) is 10.4. The molecular formula is C24H26FN3O3. The molecular weight excluding hydrogens is 397 g/mol. The molecule has 0 unspecified atom stereocenters. The van der Waals surface area contributed by atoms with Gasteiger partial charge in [0, 0.05) is 32.7 Å². The molecule has 6 nitrogen and oxygen atoms in total. The first-order chi connectivity index (χ1) is 15.0. The second-order valence-corrected chi connectivity index (χ2v) is 7.81. The van der Waals surface area contributed by atoms with Crippen molar-refractivity contribution >= 4 is 5.91 Å². The number of rotatable bonds is 6. The number of ether oxygens (including phenoxy) is 1. The van der Waals surface area contributed by atoms with Gasteiger partial charge in [0.2, 0.25) is 0 Å². The highest BCUT2D eigenvalue weighted by Gasteiger charge is 2.28. The standard InChI is InChI=1S/C24H26FN3O3/c1-17-5-3-4-6-22(17)30-16-21-18(2)31-26-23(21)24(29)28-13-11-27(12-14-28)15-19-7-9-20(25)10-8-19/h3-10H,11-16H2,1-2H3. The molecule has 162 valence electrons. The Morgan fingerprint density at radius 2 is 1.77 bits per heavy atom. The zero-order valence-electron chi connectivity index (χ0n) is 17.8. The SMILES string of the molecule is Cc1ccccc1OCc1c(C(=O)N2CCN(Cc3ccc(F)cc3)CC2)noc1C. The molecule has 1 amide bonds. The number of benzene rings is 2. The number of hydrogen-bond acceptors (Lipinski definition) is 5. The lowest BCUT2D eigenvalue weighted by atomic mass is 10.1. The molecule has 0 aliphatic carbocycles. The van der Waals surface area contributed by atoms with Crippen molar-refractivity contribution in [3.8, 4) is 5.75 Å². The first-order valence-corrected chi connectivity index (χ1v) is 10.4. The predicted octanol–water partition coefficient (Wildman–Crippen LogP) is 3.97. The minimum atomic E-state index is -0.232. The van der Waals surface area contributed by atoms with E-state index in [4.69, 9.17) is 9.26 Å². The van der Waals surface area contributed by atoms with E-state index in [0.717, 1.165) is 36.5 Å². The molecule has 0 saturated carbocycles. The lowest BCUT2D eigenvalue weighted by Crippen LogP contribution is -2.48. The number of para-hydroxylation sites is 1. The number of amides is 1. The van der Waals surface area contributed by atoms with Crippen LogP contribution in [0.2, 0.25) is 0 Å². The second-order valence-electron chi connectivity index (χ2n) is 7.81. The Kier molecular flexibility index (Phi) is 6.32. The maximum Gasteiger partial charge on any atom is 0.276 e. The van der Waals surface area contributed by atoms with Crippen molar-refractivity contribution in [2.24, 2.45) is 0 Å². The summed E-state index contributed by atoms with van der Waals surface area (Å²) in [5.74, 6) is 0.994. The van der Waals surface area contributed by atoms with Gasteiger partial charge in [0.15, 0.2) is 5.69 Å². The van der Waals surface area contributed by atoms with Crippen molar-refractivity contribution in [3.63, 3.8) is 0 Å². The normalized spacial score (nSPS) is 14.6. The van der Waals surface area contributed by atoms with Crippen molar-refractivity contribution in [1.29, 1.82) is 0 Å². The quantitative estimate of drug-likeness (QED) is 0.601. The number of aromatic nitrogens is 1. The summed E-state index contributed by atoms with van der Waals surface area (Å²) in [5, 5.41) is 4.03. The van der Waals surface area contributed by atoms with Gasteiger partial charge in [-0.05, 0) is 43.2 Å². The van der Waals surface area contributed by atoms with Crippen molar-refractivity contribution < 1.29 is 18.4 Å². The number of piperazine rings is 1. The number of aryl methyl sites for hydroxylation is 2. The predicted molar refractivity (Wildman–Crippen MR) is 114 cm³/mol. The Hall–Kier alpha value is -3.19. The van der Waals surface area contributed by atoms with Crippen LogP contribution in [0.3, 0.4) is 0 Å². The van der Waals surface area contributed by atoms with E-state index in [9.17, 15) is 9.18 Å². The Bertz CT molecular complexity index is 1040. The van der Waals surface area contributed by atoms with Crippen molar-refractivity contribution in [1.82, 2.24) is 15.0 Å². The number of hydrogen-bond donors (Lipinski definition) is 0. The van der Waals surface area contributed by atoms with Gasteiger partial charge in [-0.2, -0.15) is 0 Å². The van der Waals surface area contributed by atoms with Crippen LogP contribution in [0.4, 0.5) is 4.39 Å². The fourth-order valence-corrected chi connectivity index (χ4v) is 3.70. The van der Waals surface area contributed by atoms with E-state index in [0.29, 0.717) is 30.1 Å². The summed E-state index contributed by atoms with van der Waals surface area (Å²) >= 11 is 0. The highest BCUT2D eigenvalue weighted by atomic mass is 19.1. The monoisotopic (exact) mass is 423 g/mol. The van der Waals surface area contributed by atoms with E-state index >= 15 is 0 Å². The molecule has 31 heavy (non-hydrogen) atoms. The van der Waals surface area contributed by atoms with Crippen LogP contribution < -0.4 is 4.74 Å². The summed E-state index contributed by atoms with van der Waals surface area (Å²) in [6, 6.07) is 14.3. The molecule has 1 saturated heterocycles. The lowest BCUT2D eigenvalue weighted by molar-refractivity contribution is 0.0616. The van der Waals surface area contributed by atoms with Gasteiger partial charge in [-0.25, -0.2) is 4.39 Å². The molecule has 0 spiro atoms. The zero-order chi connectivity index (χ0) is 21.8. The van der Waals surface area contributed by atoms with E-state index in [2.05, 4.69) is 10.1 Å². The summed E-state index contributed by atoms with van der Waals surface area (Å²) < 4.78 is 24.3. The summed E-state index contributed by atoms with van der Waals surface area (Å²) in [4.78, 5) is 17.2. The highest BCUT2D eigenvalue weighted by molar-refractivity contribution is 5.93. The van der Waals surface area contributed by atoms with Crippen LogP contribution in [-0.4, -0.2) is 47.0 Å². The van der Waals surface area contributed by atoms with Gasteiger partial charge in [0.1, 0.15) is 23.9 Å². The van der Waals surface area contributed by atoms with Crippen LogP contribution >= 0.6 is 0 Å². The highest BCUT2D eigenvalue weighted by Crippen LogP contribution is 2.22. The number of carbonyl (C=O) groups excluding carboxylic acids is 1. The molecule has 0 atom stereocenters. The van der Waals surface area contributed by atoms with Crippen LogP contribution in [0.15, 0.2) is 53.1 Å². The summed E-state index contributed by atoms with van der Waals surface area (Å²) in [7, 11) is 0. The van der Waals surface area contributed by atoms with E-state index in [-0.39, 0.29) is 18.3 Å². The summed E-state index contributed by atoms with van der Waals surface area (Å²) in [6.07, 6.45) is 0. The van der Waals surface area contributed by atoms with Gasteiger partial charge < -0.3 is 14.2 Å². The van der Waals surface area contributed by atoms with E-state index in [1.807, 2.05) is 31.2 Å². The van der Waals surface area contributed by atoms with Gasteiger partial charge in [0.05, 0.1) is 5.56 Å². The first kappa shape index (κ1) is 21.1. The maximum atomic E-state index is 13.1. The van der Waals surface area contributed by atoms with Crippen LogP contribution in [0, 0.1) is 19.7 Å². The van der Waals surface area contributed by atoms with E-state index < -0.39 is 0 Å². The van der Waals surface area contributed by atoms with Crippen LogP contribution in [-0.2, 0) is 13.2 Å². The van der Waals surface area contributed by atoms with E-state index in [1.54, 1.807) is 24.0 Å². The summed E-state index contributed by atoms with van der Waals surface area (Å²) in [5.41, 5.74) is 3.09. The van der Waals surface area contributed by atoms with E-state index in [1.165, 1.54) is 12.1 Å².